The highest BCUT2D eigenvalue weighted by Gasteiger charge is 2.28. The van der Waals surface area contributed by atoms with Crippen molar-refractivity contribution in [3.63, 3.8) is 0 Å². The van der Waals surface area contributed by atoms with Gasteiger partial charge in [0, 0.05) is 18.5 Å². The minimum Gasteiger partial charge on any atom is -0.352 e. The number of carbonyl (C=O) groups is 1. The minimum absolute atomic E-state index is 0.0387. The number of rotatable bonds is 7. The van der Waals surface area contributed by atoms with E-state index >= 15 is 0 Å². The van der Waals surface area contributed by atoms with Gasteiger partial charge in [0.15, 0.2) is 0 Å². The van der Waals surface area contributed by atoms with E-state index in [9.17, 15) is 9.18 Å². The summed E-state index contributed by atoms with van der Waals surface area (Å²) in [7, 11) is 0. The molecule has 1 fully saturated rings. The number of likely N-dealkylation sites (tertiary alicyclic amines) is 1. The lowest BCUT2D eigenvalue weighted by molar-refractivity contribution is -0.126. The van der Waals surface area contributed by atoms with E-state index in [2.05, 4.69) is 55.3 Å². The molecule has 1 aliphatic heterocycles. The predicted octanol–water partition coefficient (Wildman–Crippen LogP) is 5.43. The summed E-state index contributed by atoms with van der Waals surface area (Å²) in [5.74, 6) is 0.412. The maximum absolute atomic E-state index is 13.3. The van der Waals surface area contributed by atoms with Gasteiger partial charge < -0.3 is 5.32 Å². The van der Waals surface area contributed by atoms with Crippen LogP contribution in [0.4, 0.5) is 4.39 Å². The molecule has 1 heterocycles. The van der Waals surface area contributed by atoms with Crippen molar-refractivity contribution in [2.45, 2.75) is 58.5 Å². The van der Waals surface area contributed by atoms with Crippen LogP contribution in [0.15, 0.2) is 48.5 Å². The van der Waals surface area contributed by atoms with Crippen molar-refractivity contribution in [2.75, 3.05) is 13.1 Å². The molecule has 0 aromatic heterocycles. The highest BCUT2D eigenvalue weighted by molar-refractivity contribution is 5.78. The molecule has 2 atom stereocenters. The molecular formula is C25H33FN2O. The fourth-order valence-corrected chi connectivity index (χ4v) is 4.29. The van der Waals surface area contributed by atoms with Crippen LogP contribution in [0.5, 0.6) is 0 Å². The molecule has 0 bridgehead atoms. The van der Waals surface area contributed by atoms with Crippen molar-refractivity contribution in [1.29, 1.82) is 0 Å². The van der Waals surface area contributed by atoms with E-state index < -0.39 is 0 Å². The smallest absolute Gasteiger partial charge is 0.223 e. The Balaban J connectivity index is 1.54. The number of nitrogens with one attached hydrogen (secondary N) is 1. The number of benzene rings is 2. The molecule has 0 radical (unpaired) electrons. The fraction of sp³-hybridized carbons (Fsp3) is 0.480. The van der Waals surface area contributed by atoms with E-state index in [1.807, 2.05) is 6.07 Å². The fourth-order valence-electron chi connectivity index (χ4n) is 4.29. The molecule has 0 saturated carbocycles. The van der Waals surface area contributed by atoms with Gasteiger partial charge >= 0.3 is 0 Å². The van der Waals surface area contributed by atoms with Crippen molar-refractivity contribution < 1.29 is 9.18 Å². The van der Waals surface area contributed by atoms with Gasteiger partial charge in [0.05, 0.1) is 0 Å². The molecule has 4 heteroatoms. The van der Waals surface area contributed by atoms with Crippen LogP contribution in [0, 0.1) is 11.7 Å². The van der Waals surface area contributed by atoms with Crippen LogP contribution in [0.1, 0.15) is 68.7 Å². The highest BCUT2D eigenvalue weighted by atomic mass is 19.1. The number of hydrogen-bond acceptors (Lipinski definition) is 2. The lowest BCUT2D eigenvalue weighted by Crippen LogP contribution is -2.41. The number of carbonyl (C=O) groups excluding carboxylic acids is 1. The molecule has 156 valence electrons. The maximum Gasteiger partial charge on any atom is 0.223 e. The summed E-state index contributed by atoms with van der Waals surface area (Å²) >= 11 is 0. The molecule has 2 aromatic rings. The first-order valence-corrected chi connectivity index (χ1v) is 10.8. The third-order valence-corrected chi connectivity index (χ3v) is 6.39. The molecule has 3 rings (SSSR count). The van der Waals surface area contributed by atoms with Gasteiger partial charge in [-0.2, -0.15) is 0 Å². The maximum atomic E-state index is 13.3. The van der Waals surface area contributed by atoms with E-state index in [1.165, 1.54) is 23.3 Å². The van der Waals surface area contributed by atoms with Gasteiger partial charge in [0.1, 0.15) is 5.82 Å². The Bertz CT molecular complexity index is 814. The normalized spacial score (nSPS) is 17.7. The second-order valence-electron chi connectivity index (χ2n) is 8.27. The molecule has 0 aliphatic carbocycles. The zero-order valence-electron chi connectivity index (χ0n) is 17.8. The van der Waals surface area contributed by atoms with Crippen molar-refractivity contribution in [1.82, 2.24) is 10.2 Å². The number of amides is 1. The highest BCUT2D eigenvalue weighted by Crippen LogP contribution is 2.32. The van der Waals surface area contributed by atoms with E-state index in [0.717, 1.165) is 37.9 Å². The van der Waals surface area contributed by atoms with Gasteiger partial charge in [0.2, 0.25) is 5.91 Å². The van der Waals surface area contributed by atoms with Crippen LogP contribution in [-0.2, 0) is 11.3 Å². The lowest BCUT2D eigenvalue weighted by atomic mass is 9.88. The summed E-state index contributed by atoms with van der Waals surface area (Å²) in [4.78, 5) is 15.1. The topological polar surface area (TPSA) is 32.3 Å². The Kier molecular flexibility index (Phi) is 7.43. The van der Waals surface area contributed by atoms with Gasteiger partial charge in [-0.05, 0) is 74.0 Å². The Morgan fingerprint density at radius 1 is 1.10 bits per heavy atom. The number of hydrogen-bond donors (Lipinski definition) is 1. The van der Waals surface area contributed by atoms with Crippen molar-refractivity contribution in [2.24, 2.45) is 5.92 Å². The summed E-state index contributed by atoms with van der Waals surface area (Å²) in [5.41, 5.74) is 3.65. The molecule has 29 heavy (non-hydrogen) atoms. The van der Waals surface area contributed by atoms with Crippen LogP contribution < -0.4 is 5.32 Å². The first-order valence-electron chi connectivity index (χ1n) is 10.8. The van der Waals surface area contributed by atoms with Crippen molar-refractivity contribution >= 4 is 5.91 Å². The standard InChI is InChI=1S/C25H33FN2O/c1-4-18(2)23-10-5-6-11-24(23)19(3)28-14-12-21(13-15-28)25(29)27-17-20-8-7-9-22(26)16-20/h5-11,16,18-19,21H,4,12-15,17H2,1-3H3,(H,27,29). The zero-order chi connectivity index (χ0) is 20.8. The number of halogens is 1. The Morgan fingerprint density at radius 2 is 1.79 bits per heavy atom. The molecule has 2 unspecified atom stereocenters. The average molecular weight is 397 g/mol. The molecular weight excluding hydrogens is 363 g/mol. The van der Waals surface area contributed by atoms with E-state index in [-0.39, 0.29) is 17.6 Å². The predicted molar refractivity (Wildman–Crippen MR) is 116 cm³/mol. The number of piperidine rings is 1. The SMILES string of the molecule is CCC(C)c1ccccc1C(C)N1CCC(C(=O)NCc2cccc(F)c2)CC1. The zero-order valence-corrected chi connectivity index (χ0v) is 17.8. The Hall–Kier alpha value is -2.20. The van der Waals surface area contributed by atoms with Crippen LogP contribution in [0.25, 0.3) is 0 Å². The van der Waals surface area contributed by atoms with Crippen LogP contribution in [0.3, 0.4) is 0 Å². The summed E-state index contributed by atoms with van der Waals surface area (Å²) in [6.07, 6.45) is 2.87. The van der Waals surface area contributed by atoms with Gasteiger partial charge in [-0.1, -0.05) is 50.2 Å². The molecule has 3 nitrogen and oxygen atoms in total. The first kappa shape index (κ1) is 21.5. The second kappa shape index (κ2) is 10.0. The summed E-state index contributed by atoms with van der Waals surface area (Å²) in [6, 6.07) is 15.5. The largest absolute Gasteiger partial charge is 0.352 e. The Labute approximate surface area is 174 Å². The second-order valence-corrected chi connectivity index (χ2v) is 8.27. The van der Waals surface area contributed by atoms with E-state index in [1.54, 1.807) is 6.07 Å². The summed E-state index contributed by atoms with van der Waals surface area (Å²) in [6.45, 7) is 9.05. The van der Waals surface area contributed by atoms with Gasteiger partial charge in [-0.15, -0.1) is 0 Å². The molecule has 1 aliphatic rings. The van der Waals surface area contributed by atoms with Gasteiger partial charge in [-0.25, -0.2) is 4.39 Å². The van der Waals surface area contributed by atoms with E-state index in [4.69, 9.17) is 0 Å². The molecule has 0 spiro atoms. The quantitative estimate of drug-likeness (QED) is 0.677. The first-order chi connectivity index (χ1) is 14.0. The molecule has 2 aromatic carbocycles. The molecule has 1 amide bonds. The minimum atomic E-state index is -0.267. The lowest BCUT2D eigenvalue weighted by Gasteiger charge is -2.37. The third-order valence-electron chi connectivity index (χ3n) is 6.39. The summed E-state index contributed by atoms with van der Waals surface area (Å²) in [5, 5.41) is 2.98. The van der Waals surface area contributed by atoms with Crippen molar-refractivity contribution in [3.05, 3.63) is 71.0 Å². The monoisotopic (exact) mass is 396 g/mol. The van der Waals surface area contributed by atoms with Crippen LogP contribution >= 0.6 is 0 Å². The average Bonchev–Trinajstić information content (AvgIpc) is 2.76. The van der Waals surface area contributed by atoms with Crippen LogP contribution in [-0.4, -0.2) is 23.9 Å². The number of nitrogens with zero attached hydrogens (tertiary/aromatic N) is 1. The third kappa shape index (κ3) is 5.45. The van der Waals surface area contributed by atoms with Gasteiger partial charge in [0.25, 0.3) is 0 Å². The van der Waals surface area contributed by atoms with Crippen molar-refractivity contribution in [3.8, 4) is 0 Å². The van der Waals surface area contributed by atoms with Crippen LogP contribution in [0.2, 0.25) is 0 Å². The Morgan fingerprint density at radius 3 is 2.45 bits per heavy atom. The molecule has 1 saturated heterocycles. The van der Waals surface area contributed by atoms with Gasteiger partial charge in [-0.3, -0.25) is 9.69 Å². The van der Waals surface area contributed by atoms with E-state index in [0.29, 0.717) is 18.5 Å². The summed E-state index contributed by atoms with van der Waals surface area (Å²) < 4.78 is 13.3. The molecule has 1 N–H and O–H groups in total.